The Balaban J connectivity index is 0.00000240. The molecule has 4 rings (SSSR count). The summed E-state index contributed by atoms with van der Waals surface area (Å²) in [5, 5.41) is 15.2. The number of nitro benzene ring substituents is 1. The predicted molar refractivity (Wildman–Crippen MR) is 116 cm³/mol. The molecule has 4 unspecified atom stereocenters. The van der Waals surface area contributed by atoms with Crippen molar-refractivity contribution in [1.82, 2.24) is 10.2 Å². The van der Waals surface area contributed by atoms with Gasteiger partial charge in [0.2, 0.25) is 0 Å². The van der Waals surface area contributed by atoms with Gasteiger partial charge in [-0.05, 0) is 56.2 Å². The van der Waals surface area contributed by atoms with E-state index in [0.717, 1.165) is 51.9 Å². The first kappa shape index (κ1) is 21.8. The van der Waals surface area contributed by atoms with Gasteiger partial charge < -0.3 is 15.1 Å². The molecule has 1 aromatic carbocycles. The molecule has 3 aliphatic heterocycles. The first-order chi connectivity index (χ1) is 13.4. The third-order valence-electron chi connectivity index (χ3n) is 6.52. The second-order valence-electron chi connectivity index (χ2n) is 8.90. The number of amides is 1. The quantitative estimate of drug-likeness (QED) is 0.596. The van der Waals surface area contributed by atoms with Crippen LogP contribution in [0.2, 0.25) is 0 Å². The van der Waals surface area contributed by atoms with E-state index in [1.54, 1.807) is 12.1 Å². The molecule has 3 fully saturated rings. The van der Waals surface area contributed by atoms with E-state index in [1.807, 2.05) is 4.90 Å². The molecule has 0 aromatic heterocycles. The first-order valence-corrected chi connectivity index (χ1v) is 10.5. The molecule has 0 radical (unpaired) electrons. The summed E-state index contributed by atoms with van der Waals surface area (Å²) in [6, 6.07) is 5.51. The molecule has 3 saturated heterocycles. The average Bonchev–Trinajstić information content (AvgIpc) is 2.92. The second-order valence-corrected chi connectivity index (χ2v) is 8.90. The minimum absolute atomic E-state index is 0. The summed E-state index contributed by atoms with van der Waals surface area (Å²) in [6.07, 6.45) is 4.13. The first-order valence-electron chi connectivity index (χ1n) is 10.5. The van der Waals surface area contributed by atoms with Gasteiger partial charge in [0.15, 0.2) is 0 Å². The Morgan fingerprint density at radius 2 is 1.83 bits per heavy atom. The molecule has 0 saturated carbocycles. The number of nitro groups is 1. The number of rotatable bonds is 3. The minimum atomic E-state index is -0.339. The molecule has 8 heteroatoms. The van der Waals surface area contributed by atoms with Gasteiger partial charge in [0, 0.05) is 43.3 Å². The van der Waals surface area contributed by atoms with E-state index < -0.39 is 0 Å². The van der Waals surface area contributed by atoms with Gasteiger partial charge in [-0.15, -0.1) is 12.4 Å². The van der Waals surface area contributed by atoms with Crippen LogP contribution in [0.25, 0.3) is 0 Å². The lowest BCUT2D eigenvalue weighted by Gasteiger charge is -2.36. The maximum atomic E-state index is 13.2. The van der Waals surface area contributed by atoms with Crippen LogP contribution in [-0.2, 0) is 0 Å². The van der Waals surface area contributed by atoms with Crippen molar-refractivity contribution in [2.75, 3.05) is 31.1 Å². The van der Waals surface area contributed by atoms with Crippen molar-refractivity contribution in [3.05, 3.63) is 33.9 Å². The van der Waals surface area contributed by atoms with Crippen LogP contribution < -0.4 is 10.2 Å². The minimum Gasteiger partial charge on any atom is -0.365 e. The Bertz CT molecular complexity index is 750. The van der Waals surface area contributed by atoms with E-state index in [-0.39, 0.29) is 41.0 Å². The predicted octanol–water partition coefficient (Wildman–Crippen LogP) is 3.47. The zero-order valence-electron chi connectivity index (χ0n) is 17.2. The van der Waals surface area contributed by atoms with Gasteiger partial charge >= 0.3 is 0 Å². The van der Waals surface area contributed by atoms with Crippen LogP contribution >= 0.6 is 12.4 Å². The maximum absolute atomic E-state index is 13.2. The molecule has 29 heavy (non-hydrogen) atoms. The number of nitrogens with one attached hydrogen (secondary N) is 1. The molecule has 0 aliphatic carbocycles. The van der Waals surface area contributed by atoms with Crippen LogP contribution in [0.5, 0.6) is 0 Å². The van der Waals surface area contributed by atoms with Crippen molar-refractivity contribution in [2.24, 2.45) is 11.8 Å². The van der Waals surface area contributed by atoms with E-state index in [4.69, 9.17) is 0 Å². The summed E-state index contributed by atoms with van der Waals surface area (Å²) in [5.41, 5.74) is 1.13. The van der Waals surface area contributed by atoms with Crippen molar-refractivity contribution in [1.29, 1.82) is 0 Å². The lowest BCUT2D eigenvalue weighted by molar-refractivity contribution is -0.384. The van der Waals surface area contributed by atoms with Gasteiger partial charge in [-0.3, -0.25) is 14.9 Å². The number of hydrogen-bond acceptors (Lipinski definition) is 5. The van der Waals surface area contributed by atoms with E-state index >= 15 is 0 Å². The molecule has 1 aromatic rings. The number of anilines is 1. The summed E-state index contributed by atoms with van der Waals surface area (Å²) in [4.78, 5) is 28.8. The van der Waals surface area contributed by atoms with Crippen LogP contribution in [0.4, 0.5) is 11.4 Å². The van der Waals surface area contributed by atoms with Gasteiger partial charge in [-0.25, -0.2) is 0 Å². The summed E-state index contributed by atoms with van der Waals surface area (Å²) in [6.45, 7) is 7.76. The smallest absolute Gasteiger partial charge is 0.293 e. The largest absolute Gasteiger partial charge is 0.365 e. The van der Waals surface area contributed by atoms with Gasteiger partial charge in [-0.1, -0.05) is 13.8 Å². The molecule has 1 amide bonds. The molecule has 0 spiro atoms. The Labute approximate surface area is 178 Å². The highest BCUT2D eigenvalue weighted by atomic mass is 35.5. The van der Waals surface area contributed by atoms with E-state index in [2.05, 4.69) is 24.1 Å². The Kier molecular flexibility index (Phi) is 6.69. The number of fused-ring (bicyclic) bond motifs is 2. The van der Waals surface area contributed by atoms with Crippen LogP contribution in [0.3, 0.4) is 0 Å². The Morgan fingerprint density at radius 1 is 1.14 bits per heavy atom. The topological polar surface area (TPSA) is 78.7 Å². The number of carbonyl (C=O) groups excluding carboxylic acids is 1. The second kappa shape index (κ2) is 8.88. The monoisotopic (exact) mass is 422 g/mol. The molecular weight excluding hydrogens is 392 g/mol. The summed E-state index contributed by atoms with van der Waals surface area (Å²) >= 11 is 0. The van der Waals surface area contributed by atoms with Crippen molar-refractivity contribution in [2.45, 2.75) is 51.6 Å². The highest BCUT2D eigenvalue weighted by Gasteiger charge is 2.39. The van der Waals surface area contributed by atoms with Crippen molar-refractivity contribution in [3.8, 4) is 0 Å². The fourth-order valence-corrected chi connectivity index (χ4v) is 5.39. The third-order valence-corrected chi connectivity index (χ3v) is 6.52. The Morgan fingerprint density at radius 3 is 2.52 bits per heavy atom. The van der Waals surface area contributed by atoms with Gasteiger partial charge in [-0.2, -0.15) is 0 Å². The molecular formula is C21H31ClN4O3. The van der Waals surface area contributed by atoms with Crippen molar-refractivity contribution >= 4 is 29.7 Å². The number of nitrogens with zero attached hydrogens (tertiary/aromatic N) is 3. The lowest BCUT2D eigenvalue weighted by Crippen LogP contribution is -2.42. The number of hydrogen-bond donors (Lipinski definition) is 1. The van der Waals surface area contributed by atoms with E-state index in [0.29, 0.717) is 23.1 Å². The summed E-state index contributed by atoms with van der Waals surface area (Å²) < 4.78 is 0. The van der Waals surface area contributed by atoms with Gasteiger partial charge in [0.1, 0.15) is 5.69 Å². The van der Waals surface area contributed by atoms with Crippen LogP contribution in [0.15, 0.2) is 18.2 Å². The normalized spacial score (nSPS) is 29.2. The highest BCUT2D eigenvalue weighted by Crippen LogP contribution is 2.35. The van der Waals surface area contributed by atoms with Crippen LogP contribution in [-0.4, -0.2) is 54.0 Å². The molecule has 3 heterocycles. The lowest BCUT2D eigenvalue weighted by atomic mass is 9.91. The number of halogens is 1. The standard InChI is InChI=1S/C21H30N4O3.ClH/c1-14-9-15(2)13-23(12-14)19-6-3-16(10-20(19)25(27)28)21(26)24-17-4-5-18(24)11-22-8-7-17;/h3,6,10,14-15,17-18,22H,4-5,7-9,11-13H2,1-2H3;1H. The van der Waals surface area contributed by atoms with E-state index in [1.165, 1.54) is 6.07 Å². The number of benzene rings is 1. The average molecular weight is 423 g/mol. The molecule has 4 atom stereocenters. The fraction of sp³-hybridized carbons (Fsp3) is 0.667. The molecule has 3 aliphatic rings. The number of piperidine rings is 1. The van der Waals surface area contributed by atoms with Crippen molar-refractivity contribution in [3.63, 3.8) is 0 Å². The highest BCUT2D eigenvalue weighted by molar-refractivity contribution is 5.96. The van der Waals surface area contributed by atoms with E-state index in [9.17, 15) is 14.9 Å². The molecule has 160 valence electrons. The molecule has 1 N–H and O–H groups in total. The maximum Gasteiger partial charge on any atom is 0.293 e. The van der Waals surface area contributed by atoms with Gasteiger partial charge in [0.25, 0.3) is 11.6 Å². The zero-order chi connectivity index (χ0) is 19.8. The van der Waals surface area contributed by atoms with Gasteiger partial charge in [0.05, 0.1) is 4.92 Å². The SMILES string of the molecule is CC1CC(C)CN(c2ccc(C(=O)N3C4CCNCC3CC4)cc2[N+](=O)[O-])C1.Cl. The molecule has 2 bridgehead atoms. The van der Waals surface area contributed by atoms with Crippen LogP contribution in [0.1, 0.15) is 49.9 Å². The zero-order valence-corrected chi connectivity index (χ0v) is 18.0. The Hall–Kier alpha value is -1.86. The van der Waals surface area contributed by atoms with Crippen molar-refractivity contribution < 1.29 is 9.72 Å². The van der Waals surface area contributed by atoms with Crippen LogP contribution in [0, 0.1) is 22.0 Å². The fourth-order valence-electron chi connectivity index (χ4n) is 5.39. The summed E-state index contributed by atoms with van der Waals surface area (Å²) in [5.74, 6) is 0.945. The number of carbonyl (C=O) groups is 1. The summed E-state index contributed by atoms with van der Waals surface area (Å²) in [7, 11) is 0. The third kappa shape index (κ3) is 4.36. The molecule has 7 nitrogen and oxygen atoms in total.